The smallest absolute Gasteiger partial charge is 0.225 e. The summed E-state index contributed by atoms with van der Waals surface area (Å²) in [6.07, 6.45) is -0.767. The number of rotatable bonds is 7. The first kappa shape index (κ1) is 19.5. The molecule has 0 radical (unpaired) electrons. The Labute approximate surface area is 147 Å². The summed E-state index contributed by atoms with van der Waals surface area (Å²) in [5.74, 6) is 0.548. The van der Waals surface area contributed by atoms with Crippen LogP contribution in [0.3, 0.4) is 0 Å². The first-order valence-electron chi connectivity index (χ1n) is 7.86. The van der Waals surface area contributed by atoms with Crippen molar-refractivity contribution >= 4 is 21.4 Å². The number of sulfone groups is 1. The minimum atomic E-state index is -3.22. The number of amides is 1. The van der Waals surface area contributed by atoms with Crippen molar-refractivity contribution in [2.75, 3.05) is 44.6 Å². The van der Waals surface area contributed by atoms with Crippen molar-refractivity contribution in [3.05, 3.63) is 18.2 Å². The van der Waals surface area contributed by atoms with Crippen molar-refractivity contribution < 1.29 is 27.8 Å². The monoisotopic (exact) mass is 372 g/mol. The van der Waals surface area contributed by atoms with Crippen molar-refractivity contribution in [3.8, 4) is 11.5 Å². The van der Waals surface area contributed by atoms with Crippen LogP contribution in [-0.4, -0.2) is 75.8 Å². The number of anilines is 1. The van der Waals surface area contributed by atoms with Crippen LogP contribution in [0.4, 0.5) is 5.69 Å². The number of aliphatic hydroxyl groups excluding tert-OH is 1. The Bertz CT molecular complexity index is 721. The van der Waals surface area contributed by atoms with E-state index in [1.54, 1.807) is 30.1 Å². The number of likely N-dealkylation sites (N-methyl/N-ethyl adjacent to an activating group) is 1. The minimum absolute atomic E-state index is 0.0873. The van der Waals surface area contributed by atoms with Gasteiger partial charge in [-0.3, -0.25) is 9.69 Å². The summed E-state index contributed by atoms with van der Waals surface area (Å²) in [6, 6.07) is 4.60. The highest BCUT2D eigenvalue weighted by molar-refractivity contribution is 7.91. The number of hydrogen-bond donors (Lipinski definition) is 2. The lowest BCUT2D eigenvalue weighted by molar-refractivity contribution is -0.116. The molecule has 1 aromatic carbocycles. The van der Waals surface area contributed by atoms with Crippen LogP contribution in [0.5, 0.6) is 11.5 Å². The highest BCUT2D eigenvalue weighted by Crippen LogP contribution is 2.29. The van der Waals surface area contributed by atoms with Crippen LogP contribution in [0, 0.1) is 0 Å². The largest absolute Gasteiger partial charge is 0.497 e. The van der Waals surface area contributed by atoms with Crippen LogP contribution in [0.15, 0.2) is 18.2 Å². The summed E-state index contributed by atoms with van der Waals surface area (Å²) in [5, 5.41) is 12.6. The number of carbonyl (C=O) groups excluding carboxylic acids is 1. The lowest BCUT2D eigenvalue weighted by atomic mass is 10.2. The van der Waals surface area contributed by atoms with Crippen molar-refractivity contribution in [1.29, 1.82) is 0 Å². The molecule has 1 fully saturated rings. The van der Waals surface area contributed by atoms with Gasteiger partial charge in [0.2, 0.25) is 5.91 Å². The Balaban J connectivity index is 1.93. The van der Waals surface area contributed by atoms with Crippen LogP contribution in [0.25, 0.3) is 0 Å². The zero-order valence-electron chi connectivity index (χ0n) is 14.6. The lowest BCUT2D eigenvalue weighted by Crippen LogP contribution is -2.41. The third-order valence-electron chi connectivity index (χ3n) is 4.23. The van der Waals surface area contributed by atoms with Gasteiger partial charge in [0.25, 0.3) is 0 Å². The van der Waals surface area contributed by atoms with Gasteiger partial charge in [0.05, 0.1) is 43.6 Å². The number of aliphatic hydroxyl groups is 1. The van der Waals surface area contributed by atoms with Gasteiger partial charge >= 0.3 is 0 Å². The van der Waals surface area contributed by atoms with Gasteiger partial charge in [-0.25, -0.2) is 8.42 Å². The van der Waals surface area contributed by atoms with E-state index in [9.17, 15) is 18.3 Å². The summed E-state index contributed by atoms with van der Waals surface area (Å²) < 4.78 is 33.5. The zero-order chi connectivity index (χ0) is 18.6. The van der Waals surface area contributed by atoms with Gasteiger partial charge in [-0.05, 0) is 19.2 Å². The Morgan fingerprint density at radius 2 is 2.04 bits per heavy atom. The molecule has 0 unspecified atom stereocenters. The molecular weight excluding hydrogens is 348 g/mol. The second kappa shape index (κ2) is 8.03. The maximum Gasteiger partial charge on any atom is 0.225 e. The van der Waals surface area contributed by atoms with Crippen molar-refractivity contribution in [2.24, 2.45) is 0 Å². The van der Waals surface area contributed by atoms with E-state index in [4.69, 9.17) is 9.47 Å². The number of methoxy groups -OCH3 is 2. The zero-order valence-corrected chi connectivity index (χ0v) is 15.4. The normalized spacial score (nSPS) is 22.0. The maximum absolute atomic E-state index is 12.2. The molecule has 0 saturated carbocycles. The highest BCUT2D eigenvalue weighted by Gasteiger charge is 2.38. The van der Waals surface area contributed by atoms with Crippen molar-refractivity contribution in [2.45, 2.75) is 18.6 Å². The van der Waals surface area contributed by atoms with Crippen molar-refractivity contribution in [1.82, 2.24) is 4.90 Å². The molecule has 1 amide bonds. The van der Waals surface area contributed by atoms with Gasteiger partial charge in [-0.1, -0.05) is 0 Å². The van der Waals surface area contributed by atoms with E-state index in [0.29, 0.717) is 23.7 Å². The Morgan fingerprint density at radius 1 is 1.32 bits per heavy atom. The standard InChI is InChI=1S/C16H24N2O6S/c1-18(13-9-25(21,22)10-14(13)19)7-6-16(20)17-12-8-11(23-2)4-5-15(12)24-3/h4-5,8,13-14,19H,6-7,9-10H2,1-3H3,(H,17,20)/t13-,14-/m1/s1. The summed E-state index contributed by atoms with van der Waals surface area (Å²) in [6.45, 7) is 0.329. The number of nitrogens with one attached hydrogen (secondary N) is 1. The van der Waals surface area contributed by atoms with Crippen LogP contribution in [-0.2, 0) is 14.6 Å². The molecule has 8 nitrogen and oxygen atoms in total. The van der Waals surface area contributed by atoms with E-state index < -0.39 is 22.0 Å². The molecule has 2 rings (SSSR count). The number of carbonyl (C=O) groups is 1. The molecule has 9 heteroatoms. The van der Waals surface area contributed by atoms with Gasteiger partial charge < -0.3 is 19.9 Å². The topological polar surface area (TPSA) is 105 Å². The summed E-state index contributed by atoms with van der Waals surface area (Å²) in [5.41, 5.74) is 0.498. The first-order chi connectivity index (χ1) is 11.8. The molecule has 0 aliphatic carbocycles. The molecule has 2 N–H and O–H groups in total. The van der Waals surface area contributed by atoms with Crippen LogP contribution >= 0.6 is 0 Å². The summed E-state index contributed by atoms with van der Waals surface area (Å²) in [7, 11) is 1.52. The van der Waals surface area contributed by atoms with Gasteiger partial charge in [0.15, 0.2) is 9.84 Å². The van der Waals surface area contributed by atoms with E-state index in [1.165, 1.54) is 14.2 Å². The Morgan fingerprint density at radius 3 is 2.60 bits per heavy atom. The molecule has 1 aliphatic rings. The molecule has 1 aliphatic heterocycles. The van der Waals surface area contributed by atoms with Crippen LogP contribution in [0.2, 0.25) is 0 Å². The van der Waals surface area contributed by atoms with Crippen LogP contribution in [0.1, 0.15) is 6.42 Å². The fourth-order valence-corrected chi connectivity index (χ4v) is 4.68. The Hall–Kier alpha value is -1.84. The lowest BCUT2D eigenvalue weighted by Gasteiger charge is -2.25. The molecule has 1 aromatic rings. The molecule has 140 valence electrons. The second-order valence-corrected chi connectivity index (χ2v) is 8.21. The van der Waals surface area contributed by atoms with Gasteiger partial charge in [-0.15, -0.1) is 0 Å². The molecule has 0 aromatic heterocycles. The summed E-state index contributed by atoms with van der Waals surface area (Å²) >= 11 is 0. The third-order valence-corrected chi connectivity index (χ3v) is 5.93. The Kier molecular flexibility index (Phi) is 6.26. The molecule has 0 spiro atoms. The SMILES string of the molecule is COc1ccc(OC)c(NC(=O)CCN(C)[C@@H]2CS(=O)(=O)C[C@H]2O)c1. The number of hydrogen-bond acceptors (Lipinski definition) is 7. The average Bonchev–Trinajstić information content (AvgIpc) is 2.85. The van der Waals surface area contributed by atoms with E-state index >= 15 is 0 Å². The molecule has 1 heterocycles. The molecular formula is C16H24N2O6S. The molecule has 25 heavy (non-hydrogen) atoms. The molecule has 1 saturated heterocycles. The molecule has 0 bridgehead atoms. The molecule has 2 atom stereocenters. The van der Waals surface area contributed by atoms with Gasteiger partial charge in [0.1, 0.15) is 11.5 Å². The fourth-order valence-electron chi connectivity index (χ4n) is 2.80. The predicted octanol–water partition coefficient (Wildman–Crippen LogP) is 0.122. The number of ether oxygens (including phenoxy) is 2. The predicted molar refractivity (Wildman–Crippen MR) is 93.9 cm³/mol. The van der Waals surface area contributed by atoms with Crippen molar-refractivity contribution in [3.63, 3.8) is 0 Å². The first-order valence-corrected chi connectivity index (χ1v) is 9.68. The fraction of sp³-hybridized carbons (Fsp3) is 0.562. The van der Waals surface area contributed by atoms with E-state index in [2.05, 4.69) is 5.32 Å². The average molecular weight is 372 g/mol. The van der Waals surface area contributed by atoms with E-state index in [1.807, 2.05) is 0 Å². The quantitative estimate of drug-likeness (QED) is 0.700. The van der Waals surface area contributed by atoms with Gasteiger partial charge in [0, 0.05) is 19.0 Å². The van der Waals surface area contributed by atoms with E-state index in [0.717, 1.165) is 0 Å². The number of nitrogens with zero attached hydrogens (tertiary/aromatic N) is 1. The summed E-state index contributed by atoms with van der Waals surface area (Å²) in [4.78, 5) is 13.9. The van der Waals surface area contributed by atoms with Crippen LogP contribution < -0.4 is 14.8 Å². The highest BCUT2D eigenvalue weighted by atomic mass is 32.2. The third kappa shape index (κ3) is 5.07. The van der Waals surface area contributed by atoms with E-state index in [-0.39, 0.29) is 23.8 Å². The maximum atomic E-state index is 12.2. The second-order valence-electron chi connectivity index (χ2n) is 6.06. The minimum Gasteiger partial charge on any atom is -0.497 e. The number of benzene rings is 1. The van der Waals surface area contributed by atoms with Gasteiger partial charge in [-0.2, -0.15) is 0 Å².